The van der Waals surface area contributed by atoms with Crippen LogP contribution in [0.3, 0.4) is 0 Å². The van der Waals surface area contributed by atoms with Crippen molar-refractivity contribution < 1.29 is 22.7 Å². The van der Waals surface area contributed by atoms with E-state index in [4.69, 9.17) is 0 Å². The fourth-order valence-corrected chi connectivity index (χ4v) is 4.24. The van der Waals surface area contributed by atoms with E-state index in [0.29, 0.717) is 17.5 Å². The van der Waals surface area contributed by atoms with E-state index in [2.05, 4.69) is 4.74 Å². The van der Waals surface area contributed by atoms with Crippen molar-refractivity contribution in [1.82, 2.24) is 4.72 Å². The van der Waals surface area contributed by atoms with E-state index in [0.717, 1.165) is 11.1 Å². The second kappa shape index (κ2) is 6.68. The molecule has 1 amide bonds. The fraction of sp³-hybridized carbons (Fsp3) is 0.222. The molecule has 7 heteroatoms. The third-order valence-corrected chi connectivity index (χ3v) is 5.84. The van der Waals surface area contributed by atoms with Crippen LogP contribution in [0.25, 0.3) is 0 Å². The monoisotopic (exact) mass is 359 g/mol. The number of carbonyl (C=O) groups is 2. The molecule has 2 aromatic rings. The van der Waals surface area contributed by atoms with Gasteiger partial charge in [0.1, 0.15) is 5.25 Å². The van der Waals surface area contributed by atoms with Crippen molar-refractivity contribution in [3.63, 3.8) is 0 Å². The third-order valence-electron chi connectivity index (χ3n) is 4.14. The maximum atomic E-state index is 11.9. The lowest BCUT2D eigenvalue weighted by atomic mass is 10.0. The van der Waals surface area contributed by atoms with E-state index in [1.807, 2.05) is 29.0 Å². The first-order valence-electron chi connectivity index (χ1n) is 7.69. The zero-order valence-electron chi connectivity index (χ0n) is 13.6. The minimum atomic E-state index is -3.62. The molecule has 6 nitrogen and oxygen atoms in total. The van der Waals surface area contributed by atoms with E-state index in [1.165, 1.54) is 7.11 Å². The van der Waals surface area contributed by atoms with Crippen molar-refractivity contribution in [2.45, 2.75) is 18.1 Å². The third kappa shape index (κ3) is 3.71. The molecule has 130 valence electrons. The normalized spacial score (nSPS) is 18.6. The maximum Gasteiger partial charge on any atom is 0.337 e. The average Bonchev–Trinajstić information content (AvgIpc) is 2.88. The molecule has 0 aliphatic carbocycles. The first kappa shape index (κ1) is 17.2. The summed E-state index contributed by atoms with van der Waals surface area (Å²) in [7, 11) is -2.28. The van der Waals surface area contributed by atoms with Crippen LogP contribution in [0.15, 0.2) is 48.5 Å². The van der Waals surface area contributed by atoms with Crippen molar-refractivity contribution in [3.8, 4) is 0 Å². The van der Waals surface area contributed by atoms with Gasteiger partial charge in [0, 0.05) is 0 Å². The van der Waals surface area contributed by atoms with E-state index in [1.54, 1.807) is 24.3 Å². The molecule has 1 N–H and O–H groups in total. The maximum absolute atomic E-state index is 11.9. The SMILES string of the molecule is COC(=O)c1ccc(Cc2ccc(C3CC(=O)NS3(=O)=O)cc2)cc1. The number of ether oxygens (including phenoxy) is 1. The van der Waals surface area contributed by atoms with Crippen LogP contribution in [0.1, 0.15) is 38.7 Å². The molecule has 1 aliphatic rings. The minimum Gasteiger partial charge on any atom is -0.465 e. The molecule has 25 heavy (non-hydrogen) atoms. The van der Waals surface area contributed by atoms with Gasteiger partial charge in [0.05, 0.1) is 19.1 Å². The Morgan fingerprint density at radius 3 is 2.12 bits per heavy atom. The fourth-order valence-electron chi connectivity index (χ4n) is 2.81. The van der Waals surface area contributed by atoms with Crippen molar-refractivity contribution >= 4 is 21.9 Å². The number of hydrogen-bond donors (Lipinski definition) is 1. The molecular weight excluding hydrogens is 342 g/mol. The van der Waals surface area contributed by atoms with Crippen LogP contribution in [-0.2, 0) is 26.0 Å². The predicted molar refractivity (Wildman–Crippen MR) is 91.5 cm³/mol. The van der Waals surface area contributed by atoms with Gasteiger partial charge in [-0.25, -0.2) is 13.2 Å². The van der Waals surface area contributed by atoms with E-state index in [9.17, 15) is 18.0 Å². The average molecular weight is 359 g/mol. The van der Waals surface area contributed by atoms with Gasteiger partial charge in [0.15, 0.2) is 0 Å². The molecule has 0 saturated carbocycles. The van der Waals surface area contributed by atoms with Gasteiger partial charge >= 0.3 is 5.97 Å². The summed E-state index contributed by atoms with van der Waals surface area (Å²) in [6, 6.07) is 14.3. The number of methoxy groups -OCH3 is 1. The Morgan fingerprint density at radius 2 is 1.64 bits per heavy atom. The molecule has 0 bridgehead atoms. The standard InChI is InChI=1S/C18H17NO5S/c1-24-18(21)15-8-4-13(5-9-15)10-12-2-6-14(7-3-12)16-11-17(20)19-25(16,22)23/h2-9,16H,10-11H2,1H3,(H,19,20). The number of nitrogens with one attached hydrogen (secondary N) is 1. The summed E-state index contributed by atoms with van der Waals surface area (Å²) in [4.78, 5) is 22.7. The lowest BCUT2D eigenvalue weighted by Crippen LogP contribution is -2.21. The summed E-state index contributed by atoms with van der Waals surface area (Å²) in [5.41, 5.74) is 3.11. The van der Waals surface area contributed by atoms with Gasteiger partial charge in [-0.3, -0.25) is 9.52 Å². The van der Waals surface area contributed by atoms with Crippen LogP contribution in [0, 0.1) is 0 Å². The Kier molecular flexibility index (Phi) is 4.59. The van der Waals surface area contributed by atoms with Crippen LogP contribution < -0.4 is 4.72 Å². The van der Waals surface area contributed by atoms with Gasteiger partial charge < -0.3 is 4.74 Å². The first-order chi connectivity index (χ1) is 11.9. The number of benzene rings is 2. The number of carbonyl (C=O) groups excluding carboxylic acids is 2. The van der Waals surface area contributed by atoms with Crippen LogP contribution >= 0.6 is 0 Å². The summed E-state index contributed by atoms with van der Waals surface area (Å²) >= 11 is 0. The Labute approximate surface area is 145 Å². The van der Waals surface area contributed by atoms with Crippen molar-refractivity contribution in [2.24, 2.45) is 0 Å². The topological polar surface area (TPSA) is 89.5 Å². The van der Waals surface area contributed by atoms with Crippen LogP contribution in [0.2, 0.25) is 0 Å². The zero-order valence-corrected chi connectivity index (χ0v) is 14.4. The number of rotatable bonds is 4. The molecule has 3 rings (SSSR count). The Morgan fingerprint density at radius 1 is 1.08 bits per heavy atom. The largest absolute Gasteiger partial charge is 0.465 e. The van der Waals surface area contributed by atoms with E-state index in [-0.39, 0.29) is 12.4 Å². The summed E-state index contributed by atoms with van der Waals surface area (Å²) in [5, 5.41) is -0.826. The number of amides is 1. The molecule has 0 aromatic heterocycles. The second-order valence-electron chi connectivity index (χ2n) is 5.87. The molecule has 1 heterocycles. The van der Waals surface area contributed by atoms with Crippen LogP contribution in [0.4, 0.5) is 0 Å². The van der Waals surface area contributed by atoms with E-state index < -0.39 is 21.2 Å². The zero-order chi connectivity index (χ0) is 18.0. The molecule has 1 unspecified atom stereocenters. The minimum absolute atomic E-state index is 0.0450. The Bertz CT molecular complexity index is 901. The molecule has 0 radical (unpaired) electrons. The Balaban J connectivity index is 1.73. The van der Waals surface area contributed by atoms with Crippen LogP contribution in [0.5, 0.6) is 0 Å². The van der Waals surface area contributed by atoms with Crippen LogP contribution in [-0.4, -0.2) is 27.4 Å². The highest BCUT2D eigenvalue weighted by Crippen LogP contribution is 2.30. The molecule has 1 fully saturated rings. The number of sulfonamides is 1. The van der Waals surface area contributed by atoms with E-state index >= 15 is 0 Å². The Hall–Kier alpha value is -2.67. The second-order valence-corrected chi connectivity index (χ2v) is 7.73. The summed E-state index contributed by atoms with van der Waals surface area (Å²) < 4.78 is 30.5. The lowest BCUT2D eigenvalue weighted by molar-refractivity contribution is -0.118. The summed E-state index contributed by atoms with van der Waals surface area (Å²) in [5.74, 6) is -0.850. The smallest absolute Gasteiger partial charge is 0.337 e. The van der Waals surface area contributed by atoms with Crippen molar-refractivity contribution in [3.05, 3.63) is 70.8 Å². The molecule has 2 aromatic carbocycles. The quantitative estimate of drug-likeness (QED) is 0.843. The molecule has 1 aliphatic heterocycles. The highest BCUT2D eigenvalue weighted by molar-refractivity contribution is 7.90. The van der Waals surface area contributed by atoms with Gasteiger partial charge in [0.2, 0.25) is 15.9 Å². The molecular formula is C18H17NO5S. The summed E-state index contributed by atoms with van der Waals surface area (Å²) in [6.45, 7) is 0. The van der Waals surface area contributed by atoms with Gasteiger partial charge in [-0.05, 0) is 35.2 Å². The number of esters is 1. The predicted octanol–water partition coefficient (Wildman–Crippen LogP) is 1.95. The molecule has 0 spiro atoms. The van der Waals surface area contributed by atoms with Crippen molar-refractivity contribution in [2.75, 3.05) is 7.11 Å². The number of hydrogen-bond acceptors (Lipinski definition) is 5. The van der Waals surface area contributed by atoms with Gasteiger partial charge in [-0.15, -0.1) is 0 Å². The highest BCUT2D eigenvalue weighted by atomic mass is 32.2. The van der Waals surface area contributed by atoms with Gasteiger partial charge in [-0.1, -0.05) is 36.4 Å². The summed E-state index contributed by atoms with van der Waals surface area (Å²) in [6.07, 6.45) is 0.604. The molecule has 1 atom stereocenters. The molecule has 1 saturated heterocycles. The lowest BCUT2D eigenvalue weighted by Gasteiger charge is -2.09. The van der Waals surface area contributed by atoms with Gasteiger partial charge in [-0.2, -0.15) is 0 Å². The first-order valence-corrected chi connectivity index (χ1v) is 9.24. The van der Waals surface area contributed by atoms with Crippen molar-refractivity contribution in [1.29, 1.82) is 0 Å². The highest BCUT2D eigenvalue weighted by Gasteiger charge is 2.37. The van der Waals surface area contributed by atoms with Gasteiger partial charge in [0.25, 0.3) is 0 Å².